The molecule has 4 N–H and O–H groups in total. The molecule has 0 aromatic heterocycles. The average molecular weight is 188 g/mol. The van der Waals surface area contributed by atoms with E-state index in [2.05, 4.69) is 0 Å². The van der Waals surface area contributed by atoms with Gasteiger partial charge in [-0.15, -0.1) is 0 Å². The van der Waals surface area contributed by atoms with Crippen LogP contribution in [0.25, 0.3) is 0 Å². The highest BCUT2D eigenvalue weighted by Gasteiger charge is 2.14. The summed E-state index contributed by atoms with van der Waals surface area (Å²) in [5.74, 6) is 1.36. The molecule has 0 saturated carbocycles. The van der Waals surface area contributed by atoms with Crippen molar-refractivity contribution < 1.29 is 18.7 Å². The molecule has 0 amide bonds. The first kappa shape index (κ1) is 9.40. The normalized spacial score (nSPS) is 9.77. The molecule has 1 rings (SSSR count). The topological polar surface area (TPSA) is 75.3 Å². The third-order valence-corrected chi connectivity index (χ3v) is 1.44. The van der Waals surface area contributed by atoms with E-state index in [0.29, 0.717) is 12.1 Å². The zero-order valence-corrected chi connectivity index (χ0v) is 6.34. The number of nitrogen functional groups attached to an aromatic ring is 1. The third kappa shape index (κ3) is 1.73. The molecule has 0 aliphatic carbocycles. The van der Waals surface area contributed by atoms with Gasteiger partial charge in [0, 0.05) is 6.07 Å². The number of carboxylic acids is 1. The Balaban J connectivity index is 3.28. The van der Waals surface area contributed by atoms with Gasteiger partial charge in [0.2, 0.25) is 0 Å². The van der Waals surface area contributed by atoms with Crippen molar-refractivity contribution in [3.8, 4) is 0 Å². The fraction of sp³-hybridized carbons (Fsp3) is 0. The van der Waals surface area contributed by atoms with Crippen molar-refractivity contribution in [2.75, 3.05) is 5.43 Å². The second-order valence-corrected chi connectivity index (χ2v) is 2.26. The van der Waals surface area contributed by atoms with E-state index >= 15 is 0 Å². The maximum Gasteiger partial charge on any atom is 0.338 e. The highest BCUT2D eigenvalue weighted by Crippen LogP contribution is 2.18. The Morgan fingerprint density at radius 1 is 1.38 bits per heavy atom. The minimum Gasteiger partial charge on any atom is -0.478 e. The van der Waals surface area contributed by atoms with Crippen molar-refractivity contribution in [3.05, 3.63) is 29.3 Å². The molecule has 0 heterocycles. The van der Waals surface area contributed by atoms with Gasteiger partial charge in [-0.05, 0) is 6.07 Å². The molecule has 0 spiro atoms. The molecule has 0 atom stereocenters. The second-order valence-electron chi connectivity index (χ2n) is 2.26. The van der Waals surface area contributed by atoms with Crippen LogP contribution in [0.2, 0.25) is 0 Å². The lowest BCUT2D eigenvalue weighted by Crippen LogP contribution is -2.11. The van der Waals surface area contributed by atoms with E-state index in [1.165, 1.54) is 0 Å². The lowest BCUT2D eigenvalue weighted by atomic mass is 10.2. The van der Waals surface area contributed by atoms with E-state index in [0.717, 1.165) is 0 Å². The average Bonchev–Trinajstić information content (AvgIpc) is 2.07. The molecule has 0 bridgehead atoms. The van der Waals surface area contributed by atoms with Crippen molar-refractivity contribution in [1.29, 1.82) is 0 Å². The number of carboxylic acid groups (broad SMARTS) is 1. The lowest BCUT2D eigenvalue weighted by Gasteiger charge is -2.03. The molecule has 0 radical (unpaired) electrons. The van der Waals surface area contributed by atoms with Gasteiger partial charge in [0.05, 0.1) is 11.3 Å². The predicted molar refractivity (Wildman–Crippen MR) is 41.1 cm³/mol. The summed E-state index contributed by atoms with van der Waals surface area (Å²) in [6.07, 6.45) is 0. The number of hydrazine groups is 1. The van der Waals surface area contributed by atoms with Crippen LogP contribution in [0.3, 0.4) is 0 Å². The molecule has 0 aliphatic rings. The maximum absolute atomic E-state index is 12.8. The smallest absolute Gasteiger partial charge is 0.338 e. The minimum absolute atomic E-state index is 0.289. The summed E-state index contributed by atoms with van der Waals surface area (Å²) in [7, 11) is 0. The molecule has 0 saturated heterocycles. The summed E-state index contributed by atoms with van der Waals surface area (Å²) < 4.78 is 25.6. The van der Waals surface area contributed by atoms with Gasteiger partial charge in [-0.1, -0.05) is 0 Å². The summed E-state index contributed by atoms with van der Waals surface area (Å²) in [4.78, 5) is 10.3. The molecular weight excluding hydrogens is 182 g/mol. The summed E-state index contributed by atoms with van der Waals surface area (Å²) in [5, 5.41) is 8.40. The van der Waals surface area contributed by atoms with Gasteiger partial charge in [-0.25, -0.2) is 13.6 Å². The Morgan fingerprint density at radius 3 is 2.46 bits per heavy atom. The molecule has 4 nitrogen and oxygen atoms in total. The Kier molecular flexibility index (Phi) is 2.43. The van der Waals surface area contributed by atoms with E-state index in [9.17, 15) is 13.6 Å². The van der Waals surface area contributed by atoms with Crippen molar-refractivity contribution >= 4 is 11.7 Å². The Bertz CT molecular complexity index is 355. The fourth-order valence-corrected chi connectivity index (χ4v) is 0.821. The number of aromatic carboxylic acids is 1. The Morgan fingerprint density at radius 2 is 2.00 bits per heavy atom. The molecule has 70 valence electrons. The SMILES string of the molecule is NNc1cc(F)c(C(=O)O)cc1F. The second kappa shape index (κ2) is 3.36. The third-order valence-electron chi connectivity index (χ3n) is 1.44. The monoisotopic (exact) mass is 188 g/mol. The Labute approximate surface area is 71.9 Å². The minimum atomic E-state index is -1.53. The zero-order chi connectivity index (χ0) is 10.0. The predicted octanol–water partition coefficient (Wildman–Crippen LogP) is 0.949. The highest BCUT2D eigenvalue weighted by molar-refractivity contribution is 5.88. The van der Waals surface area contributed by atoms with Crippen LogP contribution in [0.5, 0.6) is 0 Å². The lowest BCUT2D eigenvalue weighted by molar-refractivity contribution is 0.0691. The van der Waals surface area contributed by atoms with Crippen molar-refractivity contribution in [3.63, 3.8) is 0 Å². The number of halogens is 2. The van der Waals surface area contributed by atoms with Gasteiger partial charge in [0.1, 0.15) is 11.6 Å². The summed E-state index contributed by atoms with van der Waals surface area (Å²) >= 11 is 0. The number of hydrogen-bond donors (Lipinski definition) is 3. The van der Waals surface area contributed by atoms with E-state index in [1.807, 2.05) is 5.43 Å². The molecule has 1 aromatic rings. The van der Waals surface area contributed by atoms with Crippen LogP contribution in [0.4, 0.5) is 14.5 Å². The largest absolute Gasteiger partial charge is 0.478 e. The number of benzene rings is 1. The Hall–Kier alpha value is -1.69. The molecular formula is C7H6F2N2O2. The molecule has 0 fully saturated rings. The van der Waals surface area contributed by atoms with Crippen LogP contribution in [-0.4, -0.2) is 11.1 Å². The first-order valence-electron chi connectivity index (χ1n) is 3.25. The quantitative estimate of drug-likeness (QED) is 0.477. The standard InChI is InChI=1S/C7H6F2N2O2/c8-4-2-6(11-10)5(9)1-3(4)7(12)13/h1-2,11H,10H2,(H,12,13). The van der Waals surface area contributed by atoms with Crippen LogP contribution in [0.1, 0.15) is 10.4 Å². The van der Waals surface area contributed by atoms with Gasteiger partial charge in [-0.3, -0.25) is 5.84 Å². The van der Waals surface area contributed by atoms with Gasteiger partial charge >= 0.3 is 5.97 Å². The molecule has 6 heteroatoms. The van der Waals surface area contributed by atoms with E-state index in [-0.39, 0.29) is 5.69 Å². The van der Waals surface area contributed by atoms with E-state index < -0.39 is 23.2 Å². The van der Waals surface area contributed by atoms with Crippen LogP contribution in [0.15, 0.2) is 12.1 Å². The first-order chi connectivity index (χ1) is 6.06. The molecule has 0 unspecified atom stereocenters. The van der Waals surface area contributed by atoms with Crippen LogP contribution in [0, 0.1) is 11.6 Å². The highest BCUT2D eigenvalue weighted by atomic mass is 19.1. The van der Waals surface area contributed by atoms with Crippen LogP contribution < -0.4 is 11.3 Å². The number of nitrogens with one attached hydrogen (secondary N) is 1. The van der Waals surface area contributed by atoms with E-state index in [1.54, 1.807) is 0 Å². The molecule has 13 heavy (non-hydrogen) atoms. The zero-order valence-electron chi connectivity index (χ0n) is 6.34. The number of hydrogen-bond acceptors (Lipinski definition) is 3. The summed E-state index contributed by atoms with van der Waals surface area (Å²) in [5.41, 5.74) is 0.879. The fourth-order valence-electron chi connectivity index (χ4n) is 0.821. The summed E-state index contributed by atoms with van der Waals surface area (Å²) in [6, 6.07) is 1.24. The number of carbonyl (C=O) groups is 1. The van der Waals surface area contributed by atoms with Crippen molar-refractivity contribution in [2.24, 2.45) is 5.84 Å². The van der Waals surface area contributed by atoms with Crippen LogP contribution in [-0.2, 0) is 0 Å². The molecule has 0 aliphatic heterocycles. The van der Waals surface area contributed by atoms with Gasteiger partial charge in [0.25, 0.3) is 0 Å². The van der Waals surface area contributed by atoms with Gasteiger partial charge < -0.3 is 10.5 Å². The van der Waals surface area contributed by atoms with Gasteiger partial charge in [0.15, 0.2) is 0 Å². The molecule has 1 aromatic carbocycles. The number of anilines is 1. The van der Waals surface area contributed by atoms with Gasteiger partial charge in [-0.2, -0.15) is 0 Å². The summed E-state index contributed by atoms with van der Waals surface area (Å²) in [6.45, 7) is 0. The maximum atomic E-state index is 12.8. The van der Waals surface area contributed by atoms with Crippen molar-refractivity contribution in [2.45, 2.75) is 0 Å². The first-order valence-corrected chi connectivity index (χ1v) is 3.25. The number of rotatable bonds is 2. The van der Waals surface area contributed by atoms with E-state index in [4.69, 9.17) is 10.9 Å². The van der Waals surface area contributed by atoms with Crippen LogP contribution >= 0.6 is 0 Å². The van der Waals surface area contributed by atoms with Crippen molar-refractivity contribution in [1.82, 2.24) is 0 Å². The number of nitrogens with two attached hydrogens (primary N) is 1.